The summed E-state index contributed by atoms with van der Waals surface area (Å²) in [7, 11) is 1.48. The van der Waals surface area contributed by atoms with Crippen LogP contribution in [0.2, 0.25) is 5.02 Å². The van der Waals surface area contributed by atoms with Crippen LogP contribution >= 0.6 is 11.6 Å². The summed E-state index contributed by atoms with van der Waals surface area (Å²) in [5, 5.41) is 6.14. The number of amides is 1. The minimum atomic E-state index is -0.767. The zero-order valence-electron chi connectivity index (χ0n) is 20.9. The molecule has 0 fully saturated rings. The highest BCUT2D eigenvalue weighted by Gasteiger charge is 2.32. The van der Waals surface area contributed by atoms with E-state index in [-0.39, 0.29) is 25.1 Å². The largest absolute Gasteiger partial charge is 0.493 e. The predicted molar refractivity (Wildman–Crippen MR) is 146 cm³/mol. The van der Waals surface area contributed by atoms with Crippen LogP contribution in [0.1, 0.15) is 24.1 Å². The van der Waals surface area contributed by atoms with E-state index >= 15 is 0 Å². The molecule has 1 heterocycles. The first-order valence-corrected chi connectivity index (χ1v) is 12.2. The zero-order chi connectivity index (χ0) is 27.1. The lowest BCUT2D eigenvalue weighted by atomic mass is 9.93. The number of nitrogens with zero attached hydrogens (tertiary/aromatic N) is 1. The van der Waals surface area contributed by atoms with Crippen molar-refractivity contribution >= 4 is 40.8 Å². The molecule has 0 bridgehead atoms. The molecule has 1 aliphatic heterocycles. The van der Waals surface area contributed by atoms with Gasteiger partial charge in [0.05, 0.1) is 35.7 Å². The number of nitrogens with one attached hydrogen (secondary N) is 2. The lowest BCUT2D eigenvalue weighted by molar-refractivity contribution is -0.138. The summed E-state index contributed by atoms with van der Waals surface area (Å²) in [4.78, 5) is 30.0. The molecule has 1 unspecified atom stereocenters. The van der Waals surface area contributed by atoms with E-state index in [1.165, 1.54) is 7.11 Å². The van der Waals surface area contributed by atoms with Gasteiger partial charge in [-0.1, -0.05) is 60.1 Å². The number of methoxy groups -OCH3 is 1. The van der Waals surface area contributed by atoms with Crippen molar-refractivity contribution in [2.45, 2.75) is 13.0 Å². The quantitative estimate of drug-likeness (QED) is 0.350. The first kappa shape index (κ1) is 26.6. The number of rotatable bonds is 9. The molecule has 9 nitrogen and oxygen atoms in total. The number of aliphatic imine (C=N–C) groups is 1. The molecular formula is C28H27ClN4O5. The number of carbonyl (C=O) groups is 2. The van der Waals surface area contributed by atoms with Crippen molar-refractivity contribution in [3.05, 3.63) is 94.5 Å². The van der Waals surface area contributed by atoms with Gasteiger partial charge in [-0.3, -0.25) is 4.79 Å². The molecule has 38 heavy (non-hydrogen) atoms. The van der Waals surface area contributed by atoms with Crippen molar-refractivity contribution in [2.75, 3.05) is 25.6 Å². The Morgan fingerprint density at radius 1 is 1.05 bits per heavy atom. The number of halogens is 1. The van der Waals surface area contributed by atoms with Gasteiger partial charge in [0.25, 0.3) is 5.91 Å². The lowest BCUT2D eigenvalue weighted by Crippen LogP contribution is -2.37. The average Bonchev–Trinajstić information content (AvgIpc) is 2.93. The summed E-state index contributed by atoms with van der Waals surface area (Å²) in [5.74, 6) is -0.0701. The number of nitrogens with two attached hydrogens (primary N) is 1. The average molecular weight is 535 g/mol. The van der Waals surface area contributed by atoms with E-state index in [1.807, 2.05) is 30.3 Å². The van der Waals surface area contributed by atoms with Gasteiger partial charge in [-0.25, -0.2) is 9.79 Å². The van der Waals surface area contributed by atoms with Gasteiger partial charge in [0.2, 0.25) is 0 Å². The summed E-state index contributed by atoms with van der Waals surface area (Å²) in [6.45, 7) is 1.66. The van der Waals surface area contributed by atoms with E-state index in [2.05, 4.69) is 15.6 Å². The molecule has 0 spiro atoms. The van der Waals surface area contributed by atoms with Gasteiger partial charge in [0.1, 0.15) is 6.04 Å². The molecule has 196 valence electrons. The van der Waals surface area contributed by atoms with Crippen LogP contribution < -0.4 is 25.8 Å². The summed E-state index contributed by atoms with van der Waals surface area (Å²) in [5.41, 5.74) is 8.81. The molecule has 1 aliphatic rings. The fourth-order valence-corrected chi connectivity index (χ4v) is 4.11. The second-order valence-electron chi connectivity index (χ2n) is 8.14. The van der Waals surface area contributed by atoms with Crippen LogP contribution in [0.5, 0.6) is 11.5 Å². The Morgan fingerprint density at radius 2 is 1.79 bits per heavy atom. The SMILES string of the molecule is CCOC(=O)C1=C(c2ccccc2)NC(N)=NC1c1ccc(OCC(=O)Nc2ccccc2Cl)c(OC)c1. The third kappa shape index (κ3) is 6.07. The molecular weight excluding hydrogens is 508 g/mol. The van der Waals surface area contributed by atoms with E-state index in [0.717, 1.165) is 5.56 Å². The third-order valence-electron chi connectivity index (χ3n) is 5.63. The van der Waals surface area contributed by atoms with Crippen LogP contribution in [0.25, 0.3) is 5.70 Å². The molecule has 0 radical (unpaired) electrons. The number of hydrogen-bond donors (Lipinski definition) is 3. The maximum atomic E-state index is 13.1. The van der Waals surface area contributed by atoms with Gasteiger partial charge >= 0.3 is 5.97 Å². The molecule has 4 N–H and O–H groups in total. The second kappa shape index (κ2) is 12.2. The van der Waals surface area contributed by atoms with Crippen molar-refractivity contribution in [3.63, 3.8) is 0 Å². The molecule has 3 aromatic rings. The summed E-state index contributed by atoms with van der Waals surface area (Å²) in [6, 6.07) is 20.5. The molecule has 3 aromatic carbocycles. The number of carbonyl (C=O) groups excluding carboxylic acids is 2. The monoisotopic (exact) mass is 534 g/mol. The standard InChI is InChI=1S/C28H27ClN4O5/c1-3-37-27(35)24-25(17-9-5-4-6-10-17)32-28(30)33-26(24)18-13-14-21(22(15-18)36-2)38-16-23(34)31-20-12-8-7-11-19(20)29/h4-15,26H,3,16H2,1-2H3,(H,31,34)(H3,30,32,33). The van der Waals surface area contributed by atoms with E-state index in [4.69, 9.17) is 31.5 Å². The molecule has 1 amide bonds. The van der Waals surface area contributed by atoms with Crippen LogP contribution in [0, 0.1) is 0 Å². The highest BCUT2D eigenvalue weighted by molar-refractivity contribution is 6.33. The first-order chi connectivity index (χ1) is 18.4. The van der Waals surface area contributed by atoms with E-state index in [9.17, 15) is 9.59 Å². The maximum absolute atomic E-state index is 13.1. The highest BCUT2D eigenvalue weighted by atomic mass is 35.5. The molecule has 0 saturated carbocycles. The van der Waals surface area contributed by atoms with Crippen LogP contribution in [0.15, 0.2) is 83.4 Å². The van der Waals surface area contributed by atoms with Crippen molar-refractivity contribution in [3.8, 4) is 11.5 Å². The molecule has 0 aliphatic carbocycles. The van der Waals surface area contributed by atoms with Gasteiger partial charge < -0.3 is 30.6 Å². The minimum absolute atomic E-state index is 0.150. The Balaban J connectivity index is 1.62. The van der Waals surface area contributed by atoms with Gasteiger partial charge in [0.15, 0.2) is 24.1 Å². The van der Waals surface area contributed by atoms with E-state index in [0.29, 0.717) is 39.0 Å². The van der Waals surface area contributed by atoms with Crippen LogP contribution in [-0.2, 0) is 14.3 Å². The number of benzene rings is 3. The molecule has 10 heteroatoms. The maximum Gasteiger partial charge on any atom is 0.338 e. The number of esters is 1. The first-order valence-electron chi connectivity index (χ1n) is 11.8. The Hall–Kier alpha value is -4.50. The Bertz CT molecular complexity index is 1390. The number of hydrogen-bond acceptors (Lipinski definition) is 8. The summed E-state index contributed by atoms with van der Waals surface area (Å²) in [6.07, 6.45) is 0. The summed E-state index contributed by atoms with van der Waals surface area (Å²) >= 11 is 6.10. The topological polar surface area (TPSA) is 124 Å². The predicted octanol–water partition coefficient (Wildman–Crippen LogP) is 4.30. The lowest BCUT2D eigenvalue weighted by Gasteiger charge is -2.26. The Kier molecular flexibility index (Phi) is 8.50. The smallest absolute Gasteiger partial charge is 0.338 e. The van der Waals surface area contributed by atoms with Crippen LogP contribution in [0.4, 0.5) is 5.69 Å². The fourth-order valence-electron chi connectivity index (χ4n) is 3.93. The molecule has 1 atom stereocenters. The Labute approximate surface area is 225 Å². The van der Waals surface area contributed by atoms with Crippen molar-refractivity contribution in [1.82, 2.24) is 5.32 Å². The molecule has 0 aromatic heterocycles. The van der Waals surface area contributed by atoms with E-state index in [1.54, 1.807) is 49.4 Å². The Morgan fingerprint density at radius 3 is 2.50 bits per heavy atom. The third-order valence-corrected chi connectivity index (χ3v) is 5.96. The van der Waals surface area contributed by atoms with Crippen molar-refractivity contribution < 1.29 is 23.8 Å². The molecule has 4 rings (SSSR count). The van der Waals surface area contributed by atoms with Crippen LogP contribution in [-0.4, -0.2) is 38.2 Å². The number of guanidine groups is 1. The van der Waals surface area contributed by atoms with Crippen molar-refractivity contribution in [2.24, 2.45) is 10.7 Å². The number of ether oxygens (including phenoxy) is 3. The zero-order valence-corrected chi connectivity index (χ0v) is 21.6. The second-order valence-corrected chi connectivity index (χ2v) is 8.55. The van der Waals surface area contributed by atoms with Gasteiger partial charge in [-0.2, -0.15) is 0 Å². The van der Waals surface area contributed by atoms with Gasteiger partial charge in [-0.15, -0.1) is 0 Å². The molecule has 0 saturated heterocycles. The van der Waals surface area contributed by atoms with E-state index < -0.39 is 12.0 Å². The highest BCUT2D eigenvalue weighted by Crippen LogP contribution is 2.38. The minimum Gasteiger partial charge on any atom is -0.493 e. The number of anilines is 1. The number of para-hydroxylation sites is 1. The van der Waals surface area contributed by atoms with Gasteiger partial charge in [0, 0.05) is 0 Å². The van der Waals surface area contributed by atoms with Crippen LogP contribution in [0.3, 0.4) is 0 Å². The van der Waals surface area contributed by atoms with Gasteiger partial charge in [-0.05, 0) is 42.3 Å². The fraction of sp³-hybridized carbons (Fsp3) is 0.179. The normalized spacial score (nSPS) is 14.7. The van der Waals surface area contributed by atoms with Crippen molar-refractivity contribution in [1.29, 1.82) is 0 Å². The summed E-state index contributed by atoms with van der Waals surface area (Å²) < 4.78 is 16.6.